The van der Waals surface area contributed by atoms with E-state index in [1.54, 1.807) is 49.8 Å². The van der Waals surface area contributed by atoms with Crippen LogP contribution in [0.1, 0.15) is 0 Å². The lowest BCUT2D eigenvalue weighted by molar-refractivity contribution is 1.15. The van der Waals surface area contributed by atoms with Gasteiger partial charge in [0.05, 0.1) is 112 Å². The van der Waals surface area contributed by atoms with Crippen LogP contribution in [0.15, 0.2) is 438 Å². The Kier molecular flexibility index (Phi) is 20.8. The van der Waals surface area contributed by atoms with Gasteiger partial charge in [-0.3, -0.25) is 24.9 Å². The topological polar surface area (TPSA) is 232 Å². The van der Waals surface area contributed by atoms with E-state index in [0.717, 1.165) is 244 Å². The van der Waals surface area contributed by atoms with E-state index in [-0.39, 0.29) is 0 Å². The molecular formula is C118H72N18. The van der Waals surface area contributed by atoms with Gasteiger partial charge in [-0.15, -0.1) is 0 Å². The van der Waals surface area contributed by atoms with E-state index in [4.69, 9.17) is 44.9 Å². The molecule has 0 saturated heterocycles. The molecule has 0 radical (unpaired) electrons. The average Bonchev–Trinajstić information content (AvgIpc) is 0.770. The number of benzene rings is 11. The Morgan fingerprint density at radius 1 is 0.147 bits per heavy atom. The summed E-state index contributed by atoms with van der Waals surface area (Å²) in [5.74, 6) is 0.542. The van der Waals surface area contributed by atoms with Gasteiger partial charge in [0.25, 0.3) is 0 Å². The Hall–Kier alpha value is -18.9. The molecule has 0 spiro atoms. The zero-order valence-electron chi connectivity index (χ0n) is 72.6. The van der Waals surface area contributed by atoms with Crippen molar-refractivity contribution in [1.82, 2.24) is 89.7 Å². The second kappa shape index (κ2) is 35.2. The number of rotatable bonds is 13. The van der Waals surface area contributed by atoms with E-state index in [1.807, 2.05) is 116 Å². The predicted molar refractivity (Wildman–Crippen MR) is 545 cm³/mol. The molecule has 0 N–H and O–H groups in total. The molecule has 0 aliphatic rings. The third kappa shape index (κ3) is 16.2. The molecule has 11 aromatic carbocycles. The van der Waals surface area contributed by atoms with E-state index in [9.17, 15) is 0 Å². The van der Waals surface area contributed by atoms with Crippen LogP contribution in [0.3, 0.4) is 0 Å². The van der Waals surface area contributed by atoms with Crippen molar-refractivity contribution in [2.24, 2.45) is 0 Å². The van der Waals surface area contributed by atoms with Gasteiger partial charge in [0.1, 0.15) is 18.3 Å². The summed E-state index contributed by atoms with van der Waals surface area (Å²) >= 11 is 0. The van der Waals surface area contributed by atoms with Crippen LogP contribution in [0, 0.1) is 0 Å². The van der Waals surface area contributed by atoms with Crippen molar-refractivity contribution in [2.45, 2.75) is 0 Å². The normalized spacial score (nSPS) is 11.4. The van der Waals surface area contributed by atoms with Gasteiger partial charge < -0.3 is 0 Å². The van der Waals surface area contributed by atoms with E-state index >= 15 is 0 Å². The quantitative estimate of drug-likeness (QED) is 0.0976. The molecule has 0 atom stereocenters. The minimum absolute atomic E-state index is 0.542. The molecular weight excluding hydrogens is 1670 g/mol. The highest BCUT2D eigenvalue weighted by molar-refractivity contribution is 6.10. The van der Waals surface area contributed by atoms with Crippen molar-refractivity contribution in [3.8, 4) is 146 Å². The highest BCUT2D eigenvalue weighted by Crippen LogP contribution is 2.40. The third-order valence-corrected chi connectivity index (χ3v) is 24.6. The smallest absolute Gasteiger partial charge is 0.179 e. The number of fused-ring (bicyclic) bond motifs is 12. The molecule has 0 bridgehead atoms. The zero-order valence-corrected chi connectivity index (χ0v) is 72.6. The van der Waals surface area contributed by atoms with Crippen LogP contribution < -0.4 is 0 Å². The van der Waals surface area contributed by atoms with Gasteiger partial charge in [-0.2, -0.15) is 0 Å². The van der Waals surface area contributed by atoms with Crippen molar-refractivity contribution in [3.63, 3.8) is 0 Å². The van der Waals surface area contributed by atoms with Crippen LogP contribution in [-0.4, -0.2) is 89.7 Å². The van der Waals surface area contributed by atoms with Crippen molar-refractivity contribution >= 4 is 109 Å². The molecule has 136 heavy (non-hydrogen) atoms. The first-order chi connectivity index (χ1) is 67.3. The Labute approximate surface area is 778 Å². The minimum Gasteiger partial charge on any atom is -0.264 e. The molecule has 0 unspecified atom stereocenters. The molecule has 0 saturated carbocycles. The monoisotopic (exact) mass is 1740 g/mol. The number of hydrogen-bond donors (Lipinski definition) is 0. The predicted octanol–water partition coefficient (Wildman–Crippen LogP) is 27.4. The lowest BCUT2D eigenvalue weighted by atomic mass is 9.96. The summed E-state index contributed by atoms with van der Waals surface area (Å²) in [6.45, 7) is 0. The van der Waals surface area contributed by atoms with Crippen LogP contribution in [0.4, 0.5) is 0 Å². The molecule has 0 aliphatic carbocycles. The number of nitrogens with zero attached hydrogens (tertiary/aromatic N) is 18. The average molecular weight is 1740 g/mol. The standard InChI is InChI=1S/2C40H24N6.C38H24N6/c1-3-31-21-33(32-4-2-19-43-40(32)39(31)42-18-1)25-5-7-26(8-6-25)34-15-13-27-9-11-29(22-37(27)45-34)30-12-10-28-14-16-36(46-38(28)23-30)35-17-20-41-24-44-35;1-2-29-9-10-30-15-17-34(46-40(30)39(29)42-20-1)26-5-3-25(4-6-26)33-16-13-27-7-11-31(22-37(27)44-33)32-12-8-28-14-18-36(45-38(28)23-32)35-19-21-41-24-43-35;1-2-6-25(7-3-1)32-16-14-26-10-12-28(20-34(26)41-32)29-13-11-27-15-17-33(42-35(27)21-29)38-43-36(30-8-4-18-39-23-30)22-37(44-38)31-9-5-19-40-24-31/h2*1-24H;1-24H. The number of aromatic nitrogens is 18. The number of pyridine rings is 12. The first-order valence-corrected chi connectivity index (χ1v) is 44.5. The van der Waals surface area contributed by atoms with Crippen LogP contribution >= 0.6 is 0 Å². The third-order valence-electron chi connectivity index (χ3n) is 24.6. The van der Waals surface area contributed by atoms with Gasteiger partial charge in [-0.1, -0.05) is 224 Å². The maximum absolute atomic E-state index is 5.09. The Morgan fingerprint density at radius 3 is 0.897 bits per heavy atom. The minimum atomic E-state index is 0.542. The summed E-state index contributed by atoms with van der Waals surface area (Å²) in [4.78, 5) is 84.0. The van der Waals surface area contributed by atoms with Gasteiger partial charge in [0, 0.05) is 143 Å². The van der Waals surface area contributed by atoms with Crippen molar-refractivity contribution in [3.05, 3.63) is 438 Å². The van der Waals surface area contributed by atoms with Crippen LogP contribution in [0.25, 0.3) is 255 Å². The SMILES string of the molecule is c1ccc(-c2ccc3ccc(-c4ccc5ccc(-c6nc(-c7cccnc7)cc(-c7cccnc7)n6)nc5c4)cc3n2)cc1.c1cnc2c(c1)cc(-c1ccc(-c3ccc4ccc(-c5ccc6ccc(-c7ccncn7)nc6c5)cc4n3)cc1)c1cccnc12.c1cnc2c(c1)ccc1ccc(-c3ccc(-c4ccc5ccc(-c6ccc7ccc(-c8ccncn8)nc7c6)cc5n4)cc3)nc12. The van der Waals surface area contributed by atoms with Crippen molar-refractivity contribution in [2.75, 3.05) is 0 Å². The second-order valence-corrected chi connectivity index (χ2v) is 33.1. The lowest BCUT2D eigenvalue weighted by Crippen LogP contribution is -1.98. The molecule has 0 amide bonds. The molecule has 18 nitrogen and oxygen atoms in total. The van der Waals surface area contributed by atoms with Gasteiger partial charge in [-0.25, -0.2) is 64.8 Å². The zero-order chi connectivity index (χ0) is 90.2. The molecule has 15 heterocycles. The molecule has 26 aromatic rings. The fourth-order valence-electron chi connectivity index (χ4n) is 17.6. The lowest BCUT2D eigenvalue weighted by Gasteiger charge is -2.11. The summed E-state index contributed by atoms with van der Waals surface area (Å²) < 4.78 is 0. The van der Waals surface area contributed by atoms with Crippen molar-refractivity contribution in [1.29, 1.82) is 0 Å². The summed E-state index contributed by atoms with van der Waals surface area (Å²) in [5, 5.41) is 10.8. The van der Waals surface area contributed by atoms with E-state index < -0.39 is 0 Å². The fourth-order valence-corrected chi connectivity index (χ4v) is 17.6. The van der Waals surface area contributed by atoms with Crippen molar-refractivity contribution < 1.29 is 0 Å². The van der Waals surface area contributed by atoms with Crippen LogP contribution in [0.5, 0.6) is 0 Å². The highest BCUT2D eigenvalue weighted by atomic mass is 14.9. The van der Waals surface area contributed by atoms with Crippen LogP contribution in [-0.2, 0) is 0 Å². The Morgan fingerprint density at radius 2 is 0.471 bits per heavy atom. The summed E-state index contributed by atoms with van der Waals surface area (Å²) in [7, 11) is 0. The number of hydrogen-bond acceptors (Lipinski definition) is 18. The Bertz CT molecular complexity index is 9040. The van der Waals surface area contributed by atoms with Gasteiger partial charge in [0.2, 0.25) is 0 Å². The summed E-state index contributed by atoms with van der Waals surface area (Å²) in [6.07, 6.45) is 19.1. The van der Waals surface area contributed by atoms with Gasteiger partial charge in [0.15, 0.2) is 5.82 Å². The maximum Gasteiger partial charge on any atom is 0.179 e. The summed E-state index contributed by atoms with van der Waals surface area (Å²) in [6, 6.07) is 127. The second-order valence-electron chi connectivity index (χ2n) is 33.1. The molecule has 18 heteroatoms. The molecule has 15 aromatic heterocycles. The van der Waals surface area contributed by atoms with E-state index in [0.29, 0.717) is 11.5 Å². The molecule has 0 aliphatic heterocycles. The molecule has 634 valence electrons. The van der Waals surface area contributed by atoms with E-state index in [1.165, 1.54) is 0 Å². The molecule has 26 rings (SSSR count). The maximum atomic E-state index is 5.09. The van der Waals surface area contributed by atoms with Gasteiger partial charge >= 0.3 is 0 Å². The molecule has 0 fully saturated rings. The summed E-state index contributed by atoms with van der Waals surface area (Å²) in [5.41, 5.74) is 33.3. The fraction of sp³-hybridized carbons (Fsp3) is 0. The Balaban J connectivity index is 0.000000112. The van der Waals surface area contributed by atoms with Crippen LogP contribution in [0.2, 0.25) is 0 Å². The largest absolute Gasteiger partial charge is 0.264 e. The van der Waals surface area contributed by atoms with E-state index in [2.05, 4.69) is 318 Å². The first-order valence-electron chi connectivity index (χ1n) is 44.5. The first kappa shape index (κ1) is 80.4. The highest BCUT2D eigenvalue weighted by Gasteiger charge is 2.19. The van der Waals surface area contributed by atoms with Gasteiger partial charge in [-0.05, 0) is 190 Å².